The summed E-state index contributed by atoms with van der Waals surface area (Å²) < 4.78 is 40.1. The third-order valence-electron chi connectivity index (χ3n) is 2.81. The van der Waals surface area contributed by atoms with Crippen LogP contribution in [-0.4, -0.2) is 9.78 Å². The lowest BCUT2D eigenvalue weighted by Gasteiger charge is -2.08. The van der Waals surface area contributed by atoms with Gasteiger partial charge in [-0.2, -0.15) is 23.5 Å². The van der Waals surface area contributed by atoms with Gasteiger partial charge in [-0.25, -0.2) is 0 Å². The Labute approximate surface area is 114 Å². The zero-order valence-electron chi connectivity index (χ0n) is 10.8. The highest BCUT2D eigenvalue weighted by Gasteiger charge is 2.31. The fourth-order valence-corrected chi connectivity index (χ4v) is 1.89. The number of aromatic nitrogens is 2. The SMILES string of the molecule is CCCn1cc(-c2cc(C#N)cc(C(F)(F)F)c2)cn1. The van der Waals surface area contributed by atoms with Gasteiger partial charge in [0.25, 0.3) is 0 Å². The number of aryl methyl sites for hydroxylation is 1. The van der Waals surface area contributed by atoms with Crippen molar-refractivity contribution in [2.24, 2.45) is 0 Å². The molecule has 0 saturated heterocycles. The second kappa shape index (κ2) is 5.37. The van der Waals surface area contributed by atoms with Crippen LogP contribution in [0.15, 0.2) is 30.6 Å². The molecule has 0 atom stereocenters. The summed E-state index contributed by atoms with van der Waals surface area (Å²) in [5.74, 6) is 0. The average Bonchev–Trinajstić information content (AvgIpc) is 2.86. The van der Waals surface area contributed by atoms with Gasteiger partial charge in [-0.05, 0) is 30.2 Å². The van der Waals surface area contributed by atoms with Crippen molar-refractivity contribution in [1.82, 2.24) is 9.78 Å². The first-order valence-electron chi connectivity index (χ1n) is 6.09. The number of halogens is 3. The van der Waals surface area contributed by atoms with Crippen LogP contribution in [0.5, 0.6) is 0 Å². The number of hydrogen-bond donors (Lipinski definition) is 0. The molecular formula is C14H12F3N3. The molecule has 1 aromatic heterocycles. The summed E-state index contributed by atoms with van der Waals surface area (Å²) in [5, 5.41) is 12.9. The summed E-state index contributed by atoms with van der Waals surface area (Å²) in [6.07, 6.45) is -0.402. The number of nitrogens with zero attached hydrogens (tertiary/aromatic N) is 3. The fourth-order valence-electron chi connectivity index (χ4n) is 1.89. The van der Waals surface area contributed by atoms with Gasteiger partial charge in [0.1, 0.15) is 0 Å². The average molecular weight is 279 g/mol. The van der Waals surface area contributed by atoms with E-state index in [4.69, 9.17) is 5.26 Å². The Morgan fingerprint density at radius 2 is 2.00 bits per heavy atom. The van der Waals surface area contributed by atoms with Crippen LogP contribution in [0.3, 0.4) is 0 Å². The summed E-state index contributed by atoms with van der Waals surface area (Å²) in [6, 6.07) is 5.07. The monoisotopic (exact) mass is 279 g/mol. The van der Waals surface area contributed by atoms with Gasteiger partial charge in [0, 0.05) is 18.3 Å². The number of nitriles is 1. The van der Waals surface area contributed by atoms with E-state index in [2.05, 4.69) is 5.10 Å². The van der Waals surface area contributed by atoms with Gasteiger partial charge in [0.2, 0.25) is 0 Å². The quantitative estimate of drug-likeness (QED) is 0.856. The van der Waals surface area contributed by atoms with E-state index in [0.717, 1.165) is 18.6 Å². The number of alkyl halides is 3. The van der Waals surface area contributed by atoms with E-state index in [1.807, 2.05) is 6.92 Å². The highest BCUT2D eigenvalue weighted by Crippen LogP contribution is 2.33. The predicted octanol–water partition coefficient (Wildman–Crippen LogP) is 3.85. The Bertz CT molecular complexity index is 650. The first-order chi connectivity index (χ1) is 9.44. The topological polar surface area (TPSA) is 41.6 Å². The van der Waals surface area contributed by atoms with E-state index in [1.54, 1.807) is 16.9 Å². The maximum absolute atomic E-state index is 12.8. The van der Waals surface area contributed by atoms with Gasteiger partial charge in [-0.3, -0.25) is 4.68 Å². The summed E-state index contributed by atoms with van der Waals surface area (Å²) in [7, 11) is 0. The molecule has 2 rings (SSSR count). The van der Waals surface area contributed by atoms with Crippen molar-refractivity contribution in [3.8, 4) is 17.2 Å². The lowest BCUT2D eigenvalue weighted by atomic mass is 10.0. The third-order valence-corrected chi connectivity index (χ3v) is 2.81. The van der Waals surface area contributed by atoms with E-state index >= 15 is 0 Å². The minimum atomic E-state index is -4.47. The van der Waals surface area contributed by atoms with Crippen LogP contribution >= 0.6 is 0 Å². The molecule has 1 aromatic carbocycles. The molecule has 0 fully saturated rings. The molecule has 0 aliphatic heterocycles. The molecule has 2 aromatic rings. The molecule has 0 aliphatic rings. The van der Waals surface area contributed by atoms with Crippen molar-refractivity contribution in [2.75, 3.05) is 0 Å². The Hall–Kier alpha value is -2.29. The highest BCUT2D eigenvalue weighted by molar-refractivity contribution is 5.65. The highest BCUT2D eigenvalue weighted by atomic mass is 19.4. The summed E-state index contributed by atoms with van der Waals surface area (Å²) in [6.45, 7) is 2.68. The maximum atomic E-state index is 12.8. The maximum Gasteiger partial charge on any atom is 0.416 e. The van der Waals surface area contributed by atoms with Crippen LogP contribution in [0.2, 0.25) is 0 Å². The molecule has 0 radical (unpaired) electrons. The molecule has 0 bridgehead atoms. The predicted molar refractivity (Wildman–Crippen MR) is 67.7 cm³/mol. The fraction of sp³-hybridized carbons (Fsp3) is 0.286. The summed E-state index contributed by atoms with van der Waals surface area (Å²) in [5.41, 5.74) is 0.0765. The molecule has 3 nitrogen and oxygen atoms in total. The van der Waals surface area contributed by atoms with Crippen molar-refractivity contribution in [3.63, 3.8) is 0 Å². The minimum absolute atomic E-state index is 0.0157. The molecule has 0 spiro atoms. The zero-order valence-corrected chi connectivity index (χ0v) is 10.8. The Kier molecular flexibility index (Phi) is 3.79. The van der Waals surface area contributed by atoms with Gasteiger partial charge >= 0.3 is 6.18 Å². The van der Waals surface area contributed by atoms with Gasteiger partial charge in [0.15, 0.2) is 0 Å². The van der Waals surface area contributed by atoms with E-state index in [0.29, 0.717) is 17.7 Å². The van der Waals surface area contributed by atoms with Crippen LogP contribution in [0, 0.1) is 11.3 Å². The van der Waals surface area contributed by atoms with Crippen molar-refractivity contribution < 1.29 is 13.2 Å². The number of benzene rings is 1. The van der Waals surface area contributed by atoms with Gasteiger partial charge in [-0.15, -0.1) is 0 Å². The van der Waals surface area contributed by atoms with E-state index in [1.165, 1.54) is 12.3 Å². The summed E-state index contributed by atoms with van der Waals surface area (Å²) >= 11 is 0. The van der Waals surface area contributed by atoms with Crippen LogP contribution in [-0.2, 0) is 12.7 Å². The van der Waals surface area contributed by atoms with Crippen LogP contribution in [0.25, 0.3) is 11.1 Å². The second-order valence-corrected chi connectivity index (χ2v) is 4.40. The molecule has 6 heteroatoms. The van der Waals surface area contributed by atoms with Gasteiger partial charge in [0.05, 0.1) is 23.4 Å². The zero-order chi connectivity index (χ0) is 14.8. The first-order valence-corrected chi connectivity index (χ1v) is 6.09. The molecular weight excluding hydrogens is 267 g/mol. The lowest BCUT2D eigenvalue weighted by molar-refractivity contribution is -0.137. The third kappa shape index (κ3) is 2.99. The van der Waals surface area contributed by atoms with Crippen molar-refractivity contribution in [3.05, 3.63) is 41.7 Å². The second-order valence-electron chi connectivity index (χ2n) is 4.40. The minimum Gasteiger partial charge on any atom is -0.272 e. The molecule has 0 N–H and O–H groups in total. The number of rotatable bonds is 3. The molecule has 20 heavy (non-hydrogen) atoms. The molecule has 1 heterocycles. The molecule has 104 valence electrons. The largest absolute Gasteiger partial charge is 0.416 e. The standard InChI is InChI=1S/C14H12F3N3/c1-2-3-20-9-12(8-19-20)11-4-10(7-18)5-13(6-11)14(15,16)17/h4-6,8-9H,2-3H2,1H3. The summed E-state index contributed by atoms with van der Waals surface area (Å²) in [4.78, 5) is 0. The molecule has 0 saturated carbocycles. The van der Waals surface area contributed by atoms with Crippen LogP contribution in [0.1, 0.15) is 24.5 Å². The number of hydrogen-bond acceptors (Lipinski definition) is 2. The van der Waals surface area contributed by atoms with Crippen LogP contribution < -0.4 is 0 Å². The molecule has 0 unspecified atom stereocenters. The van der Waals surface area contributed by atoms with Crippen molar-refractivity contribution in [2.45, 2.75) is 26.1 Å². The Morgan fingerprint density at radius 1 is 1.25 bits per heavy atom. The lowest BCUT2D eigenvalue weighted by Crippen LogP contribution is -2.05. The van der Waals surface area contributed by atoms with Crippen molar-refractivity contribution in [1.29, 1.82) is 5.26 Å². The Morgan fingerprint density at radius 3 is 2.60 bits per heavy atom. The van der Waals surface area contributed by atoms with E-state index in [-0.39, 0.29) is 5.56 Å². The molecule has 0 aliphatic carbocycles. The van der Waals surface area contributed by atoms with Crippen LogP contribution in [0.4, 0.5) is 13.2 Å². The Balaban J connectivity index is 2.47. The van der Waals surface area contributed by atoms with E-state index < -0.39 is 11.7 Å². The first kappa shape index (κ1) is 14.1. The van der Waals surface area contributed by atoms with Gasteiger partial charge in [-0.1, -0.05) is 6.92 Å². The van der Waals surface area contributed by atoms with E-state index in [9.17, 15) is 13.2 Å². The van der Waals surface area contributed by atoms with Gasteiger partial charge < -0.3 is 0 Å². The molecule has 0 amide bonds. The van der Waals surface area contributed by atoms with Crippen molar-refractivity contribution >= 4 is 0 Å². The normalized spacial score (nSPS) is 11.3. The smallest absolute Gasteiger partial charge is 0.272 e.